The maximum atomic E-state index is 11.0. The smallest absolute Gasteiger partial charge is 0.171 e. The Kier molecular flexibility index (Phi) is 3.64. The molecule has 0 aliphatic carbocycles. The van der Waals surface area contributed by atoms with Gasteiger partial charge in [-0.2, -0.15) is 0 Å². The molecule has 0 bridgehead atoms. The van der Waals surface area contributed by atoms with Crippen molar-refractivity contribution in [2.45, 2.75) is 25.8 Å². The van der Waals surface area contributed by atoms with E-state index in [1.165, 1.54) is 0 Å². The van der Waals surface area contributed by atoms with Crippen molar-refractivity contribution in [1.82, 2.24) is 0 Å². The highest BCUT2D eigenvalue weighted by molar-refractivity contribution is 5.82. The van der Waals surface area contributed by atoms with Gasteiger partial charge in [-0.3, -0.25) is 4.79 Å². The van der Waals surface area contributed by atoms with E-state index in [0.29, 0.717) is 36.7 Å². The Hall–Kier alpha value is -1.55. The second-order valence-electron chi connectivity index (χ2n) is 4.32. The van der Waals surface area contributed by atoms with Gasteiger partial charge in [-0.05, 0) is 25.0 Å². The highest BCUT2D eigenvalue weighted by Crippen LogP contribution is 2.36. The van der Waals surface area contributed by atoms with E-state index in [9.17, 15) is 4.79 Å². The van der Waals surface area contributed by atoms with Gasteiger partial charge < -0.3 is 15.2 Å². The molecule has 0 spiro atoms. The SMILES string of the molecule is CC(N)Cc1ccc(C=O)c2c1OCCCO2. The van der Waals surface area contributed by atoms with Crippen molar-refractivity contribution in [3.63, 3.8) is 0 Å². The van der Waals surface area contributed by atoms with E-state index >= 15 is 0 Å². The number of nitrogens with two attached hydrogens (primary N) is 1. The summed E-state index contributed by atoms with van der Waals surface area (Å²) in [5.41, 5.74) is 7.34. The summed E-state index contributed by atoms with van der Waals surface area (Å²) in [6, 6.07) is 3.70. The Labute approximate surface area is 101 Å². The van der Waals surface area contributed by atoms with Crippen molar-refractivity contribution >= 4 is 6.29 Å². The number of hydrogen-bond acceptors (Lipinski definition) is 4. The lowest BCUT2D eigenvalue weighted by Crippen LogP contribution is -2.18. The summed E-state index contributed by atoms with van der Waals surface area (Å²) in [4.78, 5) is 11.0. The molecule has 1 aliphatic heterocycles. The Bertz CT molecular complexity index is 415. The van der Waals surface area contributed by atoms with E-state index in [0.717, 1.165) is 18.3 Å². The van der Waals surface area contributed by atoms with Crippen LogP contribution in [0.4, 0.5) is 0 Å². The average Bonchev–Trinajstić information content (AvgIpc) is 2.54. The van der Waals surface area contributed by atoms with Crippen molar-refractivity contribution in [3.05, 3.63) is 23.3 Å². The molecule has 4 nitrogen and oxygen atoms in total. The van der Waals surface area contributed by atoms with Crippen LogP contribution in [0.1, 0.15) is 29.3 Å². The van der Waals surface area contributed by atoms with Gasteiger partial charge in [-0.15, -0.1) is 0 Å². The van der Waals surface area contributed by atoms with Gasteiger partial charge in [0.2, 0.25) is 0 Å². The Morgan fingerprint density at radius 1 is 1.35 bits per heavy atom. The van der Waals surface area contributed by atoms with E-state index in [4.69, 9.17) is 15.2 Å². The average molecular weight is 235 g/mol. The lowest BCUT2D eigenvalue weighted by atomic mass is 10.0. The van der Waals surface area contributed by atoms with Gasteiger partial charge in [0.1, 0.15) is 0 Å². The molecule has 0 aromatic heterocycles. The molecule has 0 saturated carbocycles. The fourth-order valence-electron chi connectivity index (χ4n) is 1.93. The number of carbonyl (C=O) groups is 1. The lowest BCUT2D eigenvalue weighted by molar-refractivity contribution is 0.111. The fraction of sp³-hybridized carbons (Fsp3) is 0.462. The summed E-state index contributed by atoms with van der Waals surface area (Å²) < 4.78 is 11.3. The molecular weight excluding hydrogens is 218 g/mol. The quantitative estimate of drug-likeness (QED) is 0.807. The van der Waals surface area contributed by atoms with Crippen molar-refractivity contribution in [2.24, 2.45) is 5.73 Å². The number of aldehydes is 1. The van der Waals surface area contributed by atoms with Crippen molar-refractivity contribution < 1.29 is 14.3 Å². The van der Waals surface area contributed by atoms with Gasteiger partial charge in [-0.1, -0.05) is 6.07 Å². The van der Waals surface area contributed by atoms with Crippen molar-refractivity contribution in [1.29, 1.82) is 0 Å². The second kappa shape index (κ2) is 5.19. The first-order valence-corrected chi connectivity index (χ1v) is 5.84. The third kappa shape index (κ3) is 2.58. The highest BCUT2D eigenvalue weighted by Gasteiger charge is 2.19. The van der Waals surface area contributed by atoms with Crippen LogP contribution in [0.2, 0.25) is 0 Å². The summed E-state index contributed by atoms with van der Waals surface area (Å²) >= 11 is 0. The normalized spacial score (nSPS) is 16.1. The summed E-state index contributed by atoms with van der Waals surface area (Å²) in [6.07, 6.45) is 2.33. The minimum Gasteiger partial charge on any atom is -0.489 e. The number of hydrogen-bond donors (Lipinski definition) is 1. The Balaban J connectivity index is 2.44. The molecule has 0 radical (unpaired) electrons. The van der Waals surface area contributed by atoms with Gasteiger partial charge in [0, 0.05) is 12.5 Å². The highest BCUT2D eigenvalue weighted by atomic mass is 16.5. The molecule has 92 valence electrons. The molecule has 2 rings (SSSR count). The second-order valence-corrected chi connectivity index (χ2v) is 4.32. The predicted molar refractivity (Wildman–Crippen MR) is 64.8 cm³/mol. The molecule has 1 aromatic rings. The summed E-state index contributed by atoms with van der Waals surface area (Å²) in [5, 5.41) is 0. The monoisotopic (exact) mass is 235 g/mol. The van der Waals surface area contributed by atoms with Crippen LogP contribution in [0.5, 0.6) is 11.5 Å². The molecule has 1 unspecified atom stereocenters. The van der Waals surface area contributed by atoms with Crippen molar-refractivity contribution in [2.75, 3.05) is 13.2 Å². The first-order valence-electron chi connectivity index (χ1n) is 5.84. The summed E-state index contributed by atoms with van der Waals surface area (Å²) in [5.74, 6) is 1.25. The predicted octanol–water partition coefficient (Wildman–Crippen LogP) is 1.55. The number of fused-ring (bicyclic) bond motifs is 1. The van der Waals surface area contributed by atoms with Crippen LogP contribution in [0.25, 0.3) is 0 Å². The van der Waals surface area contributed by atoms with Crippen LogP contribution in [0.3, 0.4) is 0 Å². The van der Waals surface area contributed by atoms with E-state index < -0.39 is 0 Å². The molecule has 0 fully saturated rings. The van der Waals surface area contributed by atoms with Crippen LogP contribution in [0.15, 0.2) is 12.1 Å². The molecule has 0 saturated heterocycles. The largest absolute Gasteiger partial charge is 0.489 e. The van der Waals surface area contributed by atoms with Gasteiger partial charge in [0.05, 0.1) is 18.8 Å². The lowest BCUT2D eigenvalue weighted by Gasteiger charge is -2.15. The molecule has 17 heavy (non-hydrogen) atoms. The Morgan fingerprint density at radius 2 is 2.06 bits per heavy atom. The minimum absolute atomic E-state index is 0.0491. The fourth-order valence-corrected chi connectivity index (χ4v) is 1.93. The number of benzene rings is 1. The number of rotatable bonds is 3. The zero-order chi connectivity index (χ0) is 12.3. The molecule has 1 atom stereocenters. The minimum atomic E-state index is 0.0491. The van der Waals surface area contributed by atoms with Crippen LogP contribution in [0, 0.1) is 0 Å². The number of carbonyl (C=O) groups excluding carboxylic acids is 1. The molecule has 2 N–H and O–H groups in total. The topological polar surface area (TPSA) is 61.6 Å². The van der Waals surface area contributed by atoms with Gasteiger partial charge in [0.15, 0.2) is 17.8 Å². The molecule has 1 aromatic carbocycles. The standard InChI is InChI=1S/C13H17NO3/c1-9(14)7-10-3-4-11(8-15)13-12(10)16-5-2-6-17-13/h3-4,8-9H,2,5-7,14H2,1H3. The zero-order valence-electron chi connectivity index (χ0n) is 9.94. The molecule has 4 heteroatoms. The summed E-state index contributed by atoms with van der Waals surface area (Å²) in [7, 11) is 0. The van der Waals surface area contributed by atoms with E-state index in [-0.39, 0.29) is 6.04 Å². The number of ether oxygens (including phenoxy) is 2. The van der Waals surface area contributed by atoms with E-state index in [1.54, 1.807) is 6.07 Å². The van der Waals surface area contributed by atoms with E-state index in [2.05, 4.69) is 0 Å². The van der Waals surface area contributed by atoms with Crippen LogP contribution >= 0.6 is 0 Å². The first-order chi connectivity index (χ1) is 8.22. The molecular formula is C13H17NO3. The summed E-state index contributed by atoms with van der Waals surface area (Å²) in [6.45, 7) is 3.13. The van der Waals surface area contributed by atoms with E-state index in [1.807, 2.05) is 13.0 Å². The molecule has 1 heterocycles. The molecule has 1 aliphatic rings. The van der Waals surface area contributed by atoms with Gasteiger partial charge >= 0.3 is 0 Å². The third-order valence-electron chi connectivity index (χ3n) is 2.67. The zero-order valence-corrected chi connectivity index (χ0v) is 9.94. The van der Waals surface area contributed by atoms with Crippen LogP contribution < -0.4 is 15.2 Å². The van der Waals surface area contributed by atoms with Gasteiger partial charge in [0.25, 0.3) is 0 Å². The first kappa shape index (κ1) is 11.9. The maximum Gasteiger partial charge on any atom is 0.171 e. The molecule has 0 amide bonds. The van der Waals surface area contributed by atoms with Gasteiger partial charge in [-0.25, -0.2) is 0 Å². The van der Waals surface area contributed by atoms with Crippen molar-refractivity contribution in [3.8, 4) is 11.5 Å². The third-order valence-corrected chi connectivity index (χ3v) is 2.67. The van der Waals surface area contributed by atoms with Crippen LogP contribution in [-0.4, -0.2) is 25.5 Å². The maximum absolute atomic E-state index is 11.0. The van der Waals surface area contributed by atoms with Crippen LogP contribution in [-0.2, 0) is 6.42 Å². The Morgan fingerprint density at radius 3 is 2.71 bits per heavy atom.